The summed E-state index contributed by atoms with van der Waals surface area (Å²) in [6.07, 6.45) is 5.10. The number of hydrogen-bond donors (Lipinski definition) is 1. The number of aromatic nitrogens is 3. The quantitative estimate of drug-likeness (QED) is 0.577. The fourth-order valence-electron chi connectivity index (χ4n) is 4.02. The van der Waals surface area contributed by atoms with E-state index < -0.39 is 9.84 Å². The predicted octanol–water partition coefficient (Wildman–Crippen LogP) is 3.28. The van der Waals surface area contributed by atoms with E-state index in [2.05, 4.69) is 22.2 Å². The Morgan fingerprint density at radius 1 is 1.33 bits per heavy atom. The number of aryl methyl sites for hydroxylation is 1. The summed E-state index contributed by atoms with van der Waals surface area (Å²) in [6, 6.07) is 5.17. The number of pyridine rings is 1. The van der Waals surface area contributed by atoms with Crippen LogP contribution in [0.5, 0.6) is 0 Å². The van der Waals surface area contributed by atoms with E-state index in [1.165, 1.54) is 0 Å². The van der Waals surface area contributed by atoms with Crippen molar-refractivity contribution in [3.05, 3.63) is 36.0 Å². The molecule has 4 rings (SSSR count). The van der Waals surface area contributed by atoms with Gasteiger partial charge in [0.2, 0.25) is 0 Å². The number of sulfone groups is 1. The molecule has 0 saturated carbocycles. The first-order chi connectivity index (χ1) is 14.4. The summed E-state index contributed by atoms with van der Waals surface area (Å²) in [5.74, 6) is 1.17. The lowest BCUT2D eigenvalue weighted by Gasteiger charge is -2.14. The third-order valence-electron chi connectivity index (χ3n) is 5.48. The summed E-state index contributed by atoms with van der Waals surface area (Å²) in [7, 11) is -3.07. The third kappa shape index (κ3) is 3.98. The monoisotopic (exact) mass is 430 g/mol. The van der Waals surface area contributed by atoms with Crippen molar-refractivity contribution in [2.75, 3.05) is 18.1 Å². The van der Waals surface area contributed by atoms with E-state index in [-0.39, 0.29) is 29.1 Å². The number of imidazole rings is 1. The van der Waals surface area contributed by atoms with Gasteiger partial charge in [-0.15, -0.1) is 0 Å². The molecule has 1 unspecified atom stereocenters. The molecule has 0 aliphatic carbocycles. The van der Waals surface area contributed by atoms with E-state index in [0.29, 0.717) is 41.3 Å². The molecule has 1 amide bonds. The van der Waals surface area contributed by atoms with Crippen molar-refractivity contribution >= 4 is 26.8 Å². The average molecular weight is 431 g/mol. The molecule has 1 N–H and O–H groups in total. The second kappa shape index (κ2) is 8.22. The minimum Gasteiger partial charge on any atom is -0.463 e. The molecule has 1 atom stereocenters. The van der Waals surface area contributed by atoms with Crippen LogP contribution in [-0.2, 0) is 9.84 Å². The number of carbonyl (C=O) groups is 1. The first-order valence-corrected chi connectivity index (χ1v) is 12.1. The first-order valence-electron chi connectivity index (χ1n) is 10.3. The lowest BCUT2D eigenvalue weighted by Crippen LogP contribution is -2.26. The SMILES string of the molecule is CCCCCNC(=O)c1nc(-c2ccco2)cc2c1nc(C)n2C1CCS(=O)(=O)C1. The Morgan fingerprint density at radius 3 is 2.83 bits per heavy atom. The second-order valence-electron chi connectivity index (χ2n) is 7.75. The van der Waals surface area contributed by atoms with Gasteiger partial charge in [-0.05, 0) is 38.0 Å². The van der Waals surface area contributed by atoms with Gasteiger partial charge in [-0.25, -0.2) is 18.4 Å². The predicted molar refractivity (Wildman–Crippen MR) is 114 cm³/mol. The molecule has 3 aromatic heterocycles. The molecule has 8 nitrogen and oxygen atoms in total. The van der Waals surface area contributed by atoms with Crippen molar-refractivity contribution in [2.24, 2.45) is 0 Å². The molecule has 0 aromatic carbocycles. The third-order valence-corrected chi connectivity index (χ3v) is 7.23. The van der Waals surface area contributed by atoms with Crippen molar-refractivity contribution in [1.29, 1.82) is 0 Å². The van der Waals surface area contributed by atoms with Gasteiger partial charge in [-0.2, -0.15) is 0 Å². The molecule has 1 aliphatic heterocycles. The van der Waals surface area contributed by atoms with Crippen LogP contribution in [0.25, 0.3) is 22.5 Å². The maximum atomic E-state index is 12.9. The zero-order valence-corrected chi connectivity index (χ0v) is 18.0. The highest BCUT2D eigenvalue weighted by molar-refractivity contribution is 7.91. The number of nitrogens with one attached hydrogen (secondary N) is 1. The van der Waals surface area contributed by atoms with E-state index >= 15 is 0 Å². The van der Waals surface area contributed by atoms with Gasteiger partial charge in [-0.1, -0.05) is 19.8 Å². The number of fused-ring (bicyclic) bond motifs is 1. The van der Waals surface area contributed by atoms with E-state index in [0.717, 1.165) is 19.3 Å². The van der Waals surface area contributed by atoms with E-state index in [1.807, 2.05) is 17.6 Å². The summed E-state index contributed by atoms with van der Waals surface area (Å²) in [4.78, 5) is 22.1. The summed E-state index contributed by atoms with van der Waals surface area (Å²) >= 11 is 0. The van der Waals surface area contributed by atoms with Gasteiger partial charge in [-0.3, -0.25) is 4.79 Å². The Bertz CT molecular complexity index is 1170. The number of rotatable bonds is 7. The standard InChI is InChI=1S/C21H26N4O4S/c1-3-4-5-9-22-21(26)20-19-17(12-16(24-20)18-7-6-10-29-18)25(14(2)23-19)15-8-11-30(27,28)13-15/h6-7,10,12,15H,3-5,8-9,11,13H2,1-2H3,(H,22,26). The van der Waals surface area contributed by atoms with Crippen molar-refractivity contribution < 1.29 is 17.6 Å². The molecule has 1 fully saturated rings. The molecule has 4 heterocycles. The highest BCUT2D eigenvalue weighted by Crippen LogP contribution is 2.32. The minimum atomic E-state index is -3.07. The maximum absolute atomic E-state index is 12.9. The first kappa shape index (κ1) is 20.6. The van der Waals surface area contributed by atoms with E-state index in [9.17, 15) is 13.2 Å². The van der Waals surface area contributed by atoms with Gasteiger partial charge >= 0.3 is 0 Å². The van der Waals surface area contributed by atoms with Crippen LogP contribution in [0.4, 0.5) is 0 Å². The summed E-state index contributed by atoms with van der Waals surface area (Å²) < 4.78 is 31.6. The van der Waals surface area contributed by atoms with Crippen LogP contribution in [0.1, 0.15) is 55.0 Å². The van der Waals surface area contributed by atoms with Crippen LogP contribution < -0.4 is 5.32 Å². The average Bonchev–Trinajstić information content (AvgIpc) is 3.42. The van der Waals surface area contributed by atoms with Crippen molar-refractivity contribution in [3.63, 3.8) is 0 Å². The Labute approximate surface area is 175 Å². The molecule has 160 valence electrons. The smallest absolute Gasteiger partial charge is 0.272 e. The van der Waals surface area contributed by atoms with Crippen LogP contribution in [0, 0.1) is 6.92 Å². The molecule has 1 aliphatic rings. The zero-order chi connectivity index (χ0) is 21.3. The molecule has 9 heteroatoms. The van der Waals surface area contributed by atoms with Crippen LogP contribution >= 0.6 is 0 Å². The molecular formula is C21H26N4O4S. The van der Waals surface area contributed by atoms with Gasteiger partial charge in [0.25, 0.3) is 5.91 Å². The van der Waals surface area contributed by atoms with Gasteiger partial charge in [0.1, 0.15) is 17.0 Å². The fraction of sp³-hybridized carbons (Fsp3) is 0.476. The number of hydrogen-bond acceptors (Lipinski definition) is 6. The number of furan rings is 1. The van der Waals surface area contributed by atoms with Gasteiger partial charge in [0.05, 0.1) is 29.3 Å². The maximum Gasteiger partial charge on any atom is 0.272 e. The summed E-state index contributed by atoms with van der Waals surface area (Å²) in [6.45, 7) is 4.51. The Balaban J connectivity index is 1.80. The van der Waals surface area contributed by atoms with E-state index in [4.69, 9.17) is 4.42 Å². The van der Waals surface area contributed by atoms with Crippen molar-refractivity contribution in [2.45, 2.75) is 45.6 Å². The lowest BCUT2D eigenvalue weighted by atomic mass is 10.2. The van der Waals surface area contributed by atoms with Crippen LogP contribution in [-0.4, -0.2) is 46.9 Å². The Hall–Kier alpha value is -2.68. The van der Waals surface area contributed by atoms with Gasteiger partial charge < -0.3 is 14.3 Å². The summed E-state index contributed by atoms with van der Waals surface area (Å²) in [5, 5.41) is 2.93. The number of amides is 1. The molecule has 0 radical (unpaired) electrons. The molecule has 0 bridgehead atoms. The van der Waals surface area contributed by atoms with E-state index in [1.54, 1.807) is 18.4 Å². The largest absolute Gasteiger partial charge is 0.463 e. The fourth-order valence-corrected chi connectivity index (χ4v) is 5.72. The van der Waals surface area contributed by atoms with Crippen LogP contribution in [0.2, 0.25) is 0 Å². The molecule has 3 aromatic rings. The molecular weight excluding hydrogens is 404 g/mol. The molecule has 30 heavy (non-hydrogen) atoms. The summed E-state index contributed by atoms with van der Waals surface area (Å²) in [5.41, 5.74) is 1.95. The van der Waals surface area contributed by atoms with Crippen molar-refractivity contribution in [1.82, 2.24) is 19.9 Å². The van der Waals surface area contributed by atoms with Gasteiger partial charge in [0.15, 0.2) is 21.3 Å². The molecule has 0 spiro atoms. The zero-order valence-electron chi connectivity index (χ0n) is 17.2. The topological polar surface area (TPSA) is 107 Å². The van der Waals surface area contributed by atoms with Gasteiger partial charge in [0, 0.05) is 6.54 Å². The number of carbonyl (C=O) groups excluding carboxylic acids is 1. The Morgan fingerprint density at radius 2 is 2.17 bits per heavy atom. The van der Waals surface area contributed by atoms with Crippen LogP contribution in [0.3, 0.4) is 0 Å². The minimum absolute atomic E-state index is 0.0796. The lowest BCUT2D eigenvalue weighted by molar-refractivity contribution is 0.0949. The highest BCUT2D eigenvalue weighted by atomic mass is 32.2. The van der Waals surface area contributed by atoms with Crippen LogP contribution in [0.15, 0.2) is 28.9 Å². The normalized spacial score (nSPS) is 18.1. The Kier molecular flexibility index (Phi) is 5.64. The number of unbranched alkanes of at least 4 members (excludes halogenated alkanes) is 2. The highest BCUT2D eigenvalue weighted by Gasteiger charge is 2.32. The van der Waals surface area contributed by atoms with Crippen molar-refractivity contribution in [3.8, 4) is 11.5 Å². The second-order valence-corrected chi connectivity index (χ2v) is 9.98. The number of nitrogens with zero attached hydrogens (tertiary/aromatic N) is 3. The molecule has 1 saturated heterocycles.